The maximum absolute atomic E-state index is 12.2. The van der Waals surface area contributed by atoms with E-state index in [1.54, 1.807) is 12.1 Å². The largest absolute Gasteiger partial charge is 0.496 e. The summed E-state index contributed by atoms with van der Waals surface area (Å²) in [4.78, 5) is 23.4. The van der Waals surface area contributed by atoms with Crippen LogP contribution in [0.2, 0.25) is 0 Å². The molecule has 1 atom stereocenters. The summed E-state index contributed by atoms with van der Waals surface area (Å²) in [6.07, 6.45) is 0.528. The number of carboxylic acid groups (broad SMARTS) is 1. The van der Waals surface area contributed by atoms with Crippen LogP contribution in [0.4, 0.5) is 0 Å². The highest BCUT2D eigenvalue weighted by molar-refractivity contribution is 5.97. The summed E-state index contributed by atoms with van der Waals surface area (Å²) in [5, 5.41) is 11.9. The van der Waals surface area contributed by atoms with Crippen LogP contribution >= 0.6 is 0 Å². The van der Waals surface area contributed by atoms with E-state index in [9.17, 15) is 14.7 Å². The first-order valence-electron chi connectivity index (χ1n) is 7.00. The minimum absolute atomic E-state index is 0.115. The number of benzene rings is 1. The average molecular weight is 293 g/mol. The predicted octanol–water partition coefficient (Wildman–Crippen LogP) is 2.48. The van der Waals surface area contributed by atoms with Crippen molar-refractivity contribution in [3.63, 3.8) is 0 Å². The van der Waals surface area contributed by atoms with Crippen LogP contribution < -0.4 is 10.1 Å². The van der Waals surface area contributed by atoms with Gasteiger partial charge in [-0.2, -0.15) is 0 Å². The molecule has 116 valence electrons. The number of hydrogen-bond acceptors (Lipinski definition) is 3. The maximum atomic E-state index is 12.2. The van der Waals surface area contributed by atoms with Crippen LogP contribution in [-0.4, -0.2) is 30.6 Å². The fourth-order valence-corrected chi connectivity index (χ4v) is 2.15. The number of rotatable bonds is 7. The number of carbonyl (C=O) groups is 2. The molecule has 1 unspecified atom stereocenters. The summed E-state index contributed by atoms with van der Waals surface area (Å²) in [5.41, 5.74) is 1.36. The quantitative estimate of drug-likeness (QED) is 0.810. The highest BCUT2D eigenvalue weighted by atomic mass is 16.5. The molecule has 1 aromatic carbocycles. The summed E-state index contributed by atoms with van der Waals surface area (Å²) < 4.78 is 5.16. The van der Waals surface area contributed by atoms with Crippen molar-refractivity contribution in [3.8, 4) is 5.75 Å². The van der Waals surface area contributed by atoms with E-state index < -0.39 is 11.9 Å². The molecule has 0 aromatic heterocycles. The Kier molecular flexibility index (Phi) is 6.21. The van der Waals surface area contributed by atoms with Crippen LogP contribution in [0.5, 0.6) is 5.75 Å². The highest BCUT2D eigenvalue weighted by Crippen LogP contribution is 2.19. The Hall–Kier alpha value is -2.04. The van der Waals surface area contributed by atoms with Crippen LogP contribution in [-0.2, 0) is 4.79 Å². The van der Waals surface area contributed by atoms with Crippen molar-refractivity contribution in [3.05, 3.63) is 29.3 Å². The van der Waals surface area contributed by atoms with Crippen LogP contribution in [0.15, 0.2) is 18.2 Å². The number of hydrogen-bond donors (Lipinski definition) is 2. The fourth-order valence-electron chi connectivity index (χ4n) is 2.15. The van der Waals surface area contributed by atoms with Gasteiger partial charge in [0, 0.05) is 6.54 Å². The van der Waals surface area contributed by atoms with Gasteiger partial charge in [-0.05, 0) is 31.4 Å². The first kappa shape index (κ1) is 17.0. The van der Waals surface area contributed by atoms with Crippen LogP contribution in [0.3, 0.4) is 0 Å². The molecule has 0 aliphatic carbocycles. The zero-order valence-electron chi connectivity index (χ0n) is 13.0. The van der Waals surface area contributed by atoms with Gasteiger partial charge >= 0.3 is 5.97 Å². The second-order valence-electron chi connectivity index (χ2n) is 5.58. The lowest BCUT2D eigenvalue weighted by Crippen LogP contribution is -2.33. The number of carboxylic acids is 1. The molecular weight excluding hydrogens is 270 g/mol. The van der Waals surface area contributed by atoms with Crippen molar-refractivity contribution in [1.82, 2.24) is 5.32 Å². The Morgan fingerprint density at radius 1 is 1.33 bits per heavy atom. The molecule has 2 N–H and O–H groups in total. The highest BCUT2D eigenvalue weighted by Gasteiger charge is 2.21. The number of aliphatic carboxylic acids is 1. The second kappa shape index (κ2) is 7.67. The molecule has 0 saturated carbocycles. The van der Waals surface area contributed by atoms with Gasteiger partial charge in [-0.15, -0.1) is 0 Å². The Morgan fingerprint density at radius 2 is 2.00 bits per heavy atom. The molecule has 0 fully saturated rings. The SMILES string of the molecule is COc1ccc(C)cc1C(=O)NCC(CC(C)C)C(=O)O. The molecule has 1 amide bonds. The molecule has 5 nitrogen and oxygen atoms in total. The molecule has 1 rings (SSSR count). The van der Waals surface area contributed by atoms with Crippen molar-refractivity contribution in [2.45, 2.75) is 27.2 Å². The second-order valence-corrected chi connectivity index (χ2v) is 5.58. The first-order valence-corrected chi connectivity index (χ1v) is 7.00. The van der Waals surface area contributed by atoms with Crippen molar-refractivity contribution in [1.29, 1.82) is 0 Å². The molecule has 5 heteroatoms. The Labute approximate surface area is 125 Å². The number of methoxy groups -OCH3 is 1. The van der Waals surface area contributed by atoms with E-state index in [4.69, 9.17) is 4.74 Å². The van der Waals surface area contributed by atoms with Crippen molar-refractivity contribution in [2.75, 3.05) is 13.7 Å². The lowest BCUT2D eigenvalue weighted by molar-refractivity contribution is -0.142. The molecule has 1 aromatic rings. The van der Waals surface area contributed by atoms with Gasteiger partial charge in [0.05, 0.1) is 18.6 Å². The molecule has 0 heterocycles. The number of amides is 1. The molecule has 21 heavy (non-hydrogen) atoms. The Balaban J connectivity index is 2.76. The number of ether oxygens (including phenoxy) is 1. The van der Waals surface area contributed by atoms with Crippen molar-refractivity contribution < 1.29 is 19.4 Å². The number of nitrogens with one attached hydrogen (secondary N) is 1. The summed E-state index contributed by atoms with van der Waals surface area (Å²) in [6, 6.07) is 5.31. The van der Waals surface area contributed by atoms with Crippen LogP contribution in [0.25, 0.3) is 0 Å². The predicted molar refractivity (Wildman–Crippen MR) is 80.6 cm³/mol. The van der Waals surface area contributed by atoms with Gasteiger partial charge in [-0.1, -0.05) is 25.5 Å². The summed E-state index contributed by atoms with van der Waals surface area (Å²) in [6.45, 7) is 5.92. The lowest BCUT2D eigenvalue weighted by atomic mass is 9.97. The van der Waals surface area contributed by atoms with E-state index in [1.807, 2.05) is 26.8 Å². The van der Waals surface area contributed by atoms with Crippen molar-refractivity contribution >= 4 is 11.9 Å². The van der Waals surface area contributed by atoms with E-state index in [-0.39, 0.29) is 18.4 Å². The molecule has 0 saturated heterocycles. The van der Waals surface area contributed by atoms with Gasteiger partial charge in [0.25, 0.3) is 5.91 Å². The number of aryl methyl sites for hydroxylation is 1. The average Bonchev–Trinajstić information content (AvgIpc) is 2.42. The van der Waals surface area contributed by atoms with Crippen molar-refractivity contribution in [2.24, 2.45) is 11.8 Å². The van der Waals surface area contributed by atoms with Gasteiger partial charge in [0.1, 0.15) is 5.75 Å². The molecular formula is C16H23NO4. The fraction of sp³-hybridized carbons (Fsp3) is 0.500. The van der Waals surface area contributed by atoms with Gasteiger partial charge in [-0.3, -0.25) is 9.59 Å². The summed E-state index contributed by atoms with van der Waals surface area (Å²) in [5.74, 6) is -1.04. The van der Waals surface area contributed by atoms with Gasteiger partial charge < -0.3 is 15.2 Å². The van der Waals surface area contributed by atoms with Gasteiger partial charge in [-0.25, -0.2) is 0 Å². The maximum Gasteiger partial charge on any atom is 0.308 e. The minimum Gasteiger partial charge on any atom is -0.496 e. The Morgan fingerprint density at radius 3 is 2.52 bits per heavy atom. The molecule has 0 aliphatic rings. The smallest absolute Gasteiger partial charge is 0.308 e. The van der Waals surface area contributed by atoms with Crippen LogP contribution in [0.1, 0.15) is 36.2 Å². The third kappa shape index (κ3) is 5.10. The molecule has 0 bridgehead atoms. The Bertz CT molecular complexity index is 511. The third-order valence-electron chi connectivity index (χ3n) is 3.21. The lowest BCUT2D eigenvalue weighted by Gasteiger charge is -2.16. The first-order chi connectivity index (χ1) is 9.85. The van der Waals surface area contributed by atoms with E-state index in [0.29, 0.717) is 17.7 Å². The molecule has 0 aliphatic heterocycles. The zero-order valence-corrected chi connectivity index (χ0v) is 13.0. The third-order valence-corrected chi connectivity index (χ3v) is 3.21. The standard InChI is InChI=1S/C16H23NO4/c1-10(2)7-12(16(19)20)9-17-15(18)13-8-11(3)5-6-14(13)21-4/h5-6,8,10,12H,7,9H2,1-4H3,(H,17,18)(H,19,20). The zero-order chi connectivity index (χ0) is 16.0. The minimum atomic E-state index is -0.889. The van der Waals surface area contributed by atoms with E-state index in [0.717, 1.165) is 5.56 Å². The van der Waals surface area contributed by atoms with Crippen LogP contribution in [0, 0.1) is 18.8 Å². The van der Waals surface area contributed by atoms with E-state index in [2.05, 4.69) is 5.32 Å². The summed E-state index contributed by atoms with van der Waals surface area (Å²) in [7, 11) is 1.50. The van der Waals surface area contributed by atoms with E-state index >= 15 is 0 Å². The van der Waals surface area contributed by atoms with E-state index in [1.165, 1.54) is 7.11 Å². The van der Waals surface area contributed by atoms with Gasteiger partial charge in [0.2, 0.25) is 0 Å². The normalized spacial score (nSPS) is 12.0. The molecule has 0 radical (unpaired) electrons. The number of carbonyl (C=O) groups excluding carboxylic acids is 1. The topological polar surface area (TPSA) is 75.6 Å². The monoisotopic (exact) mass is 293 g/mol. The summed E-state index contributed by atoms with van der Waals surface area (Å²) >= 11 is 0. The van der Waals surface area contributed by atoms with Gasteiger partial charge in [0.15, 0.2) is 0 Å². The molecule has 0 spiro atoms.